The summed E-state index contributed by atoms with van der Waals surface area (Å²) in [6, 6.07) is 6.23. The van der Waals surface area contributed by atoms with Gasteiger partial charge < -0.3 is 15.4 Å². The van der Waals surface area contributed by atoms with Crippen LogP contribution >= 0.6 is 0 Å². The number of rotatable bonds is 6. The predicted octanol–water partition coefficient (Wildman–Crippen LogP) is 1.78. The number of benzene rings is 1. The number of hydrogen-bond donors (Lipinski definition) is 2. The molecular formula is C16H20F3N3O3. The summed E-state index contributed by atoms with van der Waals surface area (Å²) in [5.41, 5.74) is 0.583. The fourth-order valence-corrected chi connectivity index (χ4v) is 2.65. The normalized spacial score (nSPS) is 18.0. The van der Waals surface area contributed by atoms with Gasteiger partial charge in [-0.1, -0.05) is 0 Å². The quantitative estimate of drug-likeness (QED) is 0.812. The number of methoxy groups -OCH3 is 1. The van der Waals surface area contributed by atoms with E-state index in [9.17, 15) is 22.8 Å². The number of carbonyl (C=O) groups is 2. The van der Waals surface area contributed by atoms with E-state index in [0.717, 1.165) is 0 Å². The smallest absolute Gasteiger partial charge is 0.405 e. The average Bonchev–Trinajstić information content (AvgIpc) is 3.01. The molecule has 9 heteroatoms. The number of likely N-dealkylation sites (tertiary alicyclic amines) is 1. The number of anilines is 1. The van der Waals surface area contributed by atoms with Gasteiger partial charge in [-0.3, -0.25) is 14.5 Å². The van der Waals surface area contributed by atoms with E-state index in [4.69, 9.17) is 4.74 Å². The van der Waals surface area contributed by atoms with E-state index in [0.29, 0.717) is 30.8 Å². The minimum Gasteiger partial charge on any atom is -0.497 e. The Morgan fingerprint density at radius 1 is 1.28 bits per heavy atom. The lowest BCUT2D eigenvalue weighted by molar-refractivity contribution is -0.139. The summed E-state index contributed by atoms with van der Waals surface area (Å²) in [4.78, 5) is 25.6. The monoisotopic (exact) mass is 359 g/mol. The van der Waals surface area contributed by atoms with Crippen molar-refractivity contribution in [2.24, 2.45) is 0 Å². The summed E-state index contributed by atoms with van der Waals surface area (Å²) in [5, 5.41) is 4.57. The van der Waals surface area contributed by atoms with E-state index < -0.39 is 24.7 Å². The Balaban J connectivity index is 1.88. The summed E-state index contributed by atoms with van der Waals surface area (Å²) in [6.07, 6.45) is -3.20. The van der Waals surface area contributed by atoms with Crippen LogP contribution in [0.3, 0.4) is 0 Å². The third-order valence-electron chi connectivity index (χ3n) is 3.86. The van der Waals surface area contributed by atoms with E-state index in [2.05, 4.69) is 5.32 Å². The van der Waals surface area contributed by atoms with Crippen LogP contribution in [0, 0.1) is 0 Å². The molecule has 1 fully saturated rings. The van der Waals surface area contributed by atoms with Crippen molar-refractivity contribution in [1.82, 2.24) is 10.2 Å². The third-order valence-corrected chi connectivity index (χ3v) is 3.86. The van der Waals surface area contributed by atoms with E-state index >= 15 is 0 Å². The molecule has 1 aliphatic rings. The molecule has 0 spiro atoms. The van der Waals surface area contributed by atoms with E-state index in [1.807, 2.05) is 5.32 Å². The number of amides is 2. The van der Waals surface area contributed by atoms with Gasteiger partial charge in [0.15, 0.2) is 0 Å². The highest BCUT2D eigenvalue weighted by atomic mass is 19.4. The van der Waals surface area contributed by atoms with Gasteiger partial charge in [0.05, 0.1) is 19.7 Å². The first kappa shape index (κ1) is 19.0. The first-order valence-corrected chi connectivity index (χ1v) is 7.81. The van der Waals surface area contributed by atoms with Crippen LogP contribution in [0.1, 0.15) is 12.8 Å². The molecule has 0 saturated carbocycles. The molecule has 2 amide bonds. The van der Waals surface area contributed by atoms with Crippen molar-refractivity contribution in [3.05, 3.63) is 24.3 Å². The fraction of sp³-hybridized carbons (Fsp3) is 0.500. The molecule has 0 aliphatic carbocycles. The largest absolute Gasteiger partial charge is 0.497 e. The molecule has 2 rings (SSSR count). The summed E-state index contributed by atoms with van der Waals surface area (Å²) in [6.45, 7) is -1.13. The lowest BCUT2D eigenvalue weighted by Crippen LogP contribution is -2.46. The fourth-order valence-electron chi connectivity index (χ4n) is 2.65. The second-order valence-electron chi connectivity index (χ2n) is 5.74. The topological polar surface area (TPSA) is 70.7 Å². The maximum Gasteiger partial charge on any atom is 0.405 e. The number of hydrogen-bond acceptors (Lipinski definition) is 4. The number of ether oxygens (including phenoxy) is 1. The van der Waals surface area contributed by atoms with Crippen LogP contribution in [-0.2, 0) is 9.59 Å². The Morgan fingerprint density at radius 2 is 1.96 bits per heavy atom. The lowest BCUT2D eigenvalue weighted by Gasteiger charge is -2.23. The molecule has 1 saturated heterocycles. The Hall–Kier alpha value is -2.29. The van der Waals surface area contributed by atoms with Gasteiger partial charge in [0.1, 0.15) is 12.3 Å². The number of nitrogens with zero attached hydrogens (tertiary/aromatic N) is 1. The Kier molecular flexibility index (Phi) is 6.24. The highest BCUT2D eigenvalue weighted by Crippen LogP contribution is 2.20. The highest BCUT2D eigenvalue weighted by molar-refractivity contribution is 5.95. The van der Waals surface area contributed by atoms with Crippen molar-refractivity contribution in [3.63, 3.8) is 0 Å². The Morgan fingerprint density at radius 3 is 2.56 bits per heavy atom. The molecule has 0 bridgehead atoms. The molecule has 0 radical (unpaired) electrons. The van der Waals surface area contributed by atoms with E-state index in [1.54, 1.807) is 29.2 Å². The van der Waals surface area contributed by atoms with Crippen LogP contribution in [0.2, 0.25) is 0 Å². The molecule has 0 aromatic heterocycles. The van der Waals surface area contributed by atoms with Gasteiger partial charge in [0, 0.05) is 5.69 Å². The van der Waals surface area contributed by atoms with Crippen LogP contribution in [-0.4, -0.2) is 55.7 Å². The zero-order valence-electron chi connectivity index (χ0n) is 13.7. The second-order valence-corrected chi connectivity index (χ2v) is 5.74. The number of halogens is 3. The number of carbonyl (C=O) groups excluding carboxylic acids is 2. The van der Waals surface area contributed by atoms with Gasteiger partial charge in [-0.05, 0) is 43.7 Å². The Labute approximate surface area is 143 Å². The van der Waals surface area contributed by atoms with Gasteiger partial charge in [-0.2, -0.15) is 13.2 Å². The number of alkyl halides is 3. The second kappa shape index (κ2) is 8.19. The standard InChI is InChI=1S/C16H20F3N3O3/c1-25-12-6-4-11(5-7-12)21-15(24)13-3-2-8-22(13)9-14(23)20-10-16(17,18)19/h4-7,13H,2-3,8-10H2,1H3,(H,20,23)(H,21,24)/t13-/m1/s1. The molecule has 1 aromatic carbocycles. The molecule has 138 valence electrons. The molecular weight excluding hydrogens is 339 g/mol. The first-order chi connectivity index (χ1) is 11.8. The molecule has 6 nitrogen and oxygen atoms in total. The molecule has 2 N–H and O–H groups in total. The maximum atomic E-state index is 12.4. The zero-order chi connectivity index (χ0) is 18.4. The van der Waals surface area contributed by atoms with Crippen molar-refractivity contribution in [1.29, 1.82) is 0 Å². The lowest BCUT2D eigenvalue weighted by atomic mass is 10.2. The van der Waals surface area contributed by atoms with Crippen LogP contribution in [0.15, 0.2) is 24.3 Å². The van der Waals surface area contributed by atoms with Gasteiger partial charge in [-0.25, -0.2) is 0 Å². The molecule has 1 atom stereocenters. The van der Waals surface area contributed by atoms with Crippen LogP contribution in [0.25, 0.3) is 0 Å². The zero-order valence-corrected chi connectivity index (χ0v) is 13.7. The van der Waals surface area contributed by atoms with E-state index in [-0.39, 0.29) is 12.5 Å². The van der Waals surface area contributed by atoms with Crippen molar-refractivity contribution in [2.45, 2.75) is 25.1 Å². The van der Waals surface area contributed by atoms with Gasteiger partial charge in [0.25, 0.3) is 0 Å². The van der Waals surface area contributed by atoms with Gasteiger partial charge in [-0.15, -0.1) is 0 Å². The van der Waals surface area contributed by atoms with Gasteiger partial charge >= 0.3 is 6.18 Å². The molecule has 1 heterocycles. The molecule has 1 aliphatic heterocycles. The van der Waals surface area contributed by atoms with Crippen LogP contribution in [0.4, 0.5) is 18.9 Å². The van der Waals surface area contributed by atoms with Gasteiger partial charge in [0.2, 0.25) is 11.8 Å². The number of nitrogens with one attached hydrogen (secondary N) is 2. The van der Waals surface area contributed by atoms with Crippen LogP contribution in [0.5, 0.6) is 5.75 Å². The van der Waals surface area contributed by atoms with Crippen molar-refractivity contribution >= 4 is 17.5 Å². The predicted molar refractivity (Wildman–Crippen MR) is 85.3 cm³/mol. The first-order valence-electron chi connectivity index (χ1n) is 7.81. The Bertz CT molecular complexity index is 605. The highest BCUT2D eigenvalue weighted by Gasteiger charge is 2.33. The van der Waals surface area contributed by atoms with Crippen molar-refractivity contribution in [3.8, 4) is 5.75 Å². The summed E-state index contributed by atoms with van der Waals surface area (Å²) in [5.74, 6) is -0.380. The molecule has 25 heavy (non-hydrogen) atoms. The van der Waals surface area contributed by atoms with Crippen molar-refractivity contribution in [2.75, 3.05) is 32.1 Å². The van der Waals surface area contributed by atoms with E-state index in [1.165, 1.54) is 7.11 Å². The maximum absolute atomic E-state index is 12.4. The minimum atomic E-state index is -4.45. The summed E-state index contributed by atoms with van der Waals surface area (Å²) >= 11 is 0. The molecule has 1 aromatic rings. The third kappa shape index (κ3) is 5.93. The van der Waals surface area contributed by atoms with Crippen molar-refractivity contribution < 1.29 is 27.5 Å². The SMILES string of the molecule is COc1ccc(NC(=O)[C@H]2CCCN2CC(=O)NCC(F)(F)F)cc1. The summed E-state index contributed by atoms with van der Waals surface area (Å²) in [7, 11) is 1.54. The minimum absolute atomic E-state index is 0.239. The van der Waals surface area contributed by atoms with Crippen LogP contribution < -0.4 is 15.4 Å². The summed E-state index contributed by atoms with van der Waals surface area (Å²) < 4.78 is 41.4. The molecule has 0 unspecified atom stereocenters. The average molecular weight is 359 g/mol.